The van der Waals surface area contributed by atoms with Gasteiger partial charge in [0.1, 0.15) is 17.2 Å². The Labute approximate surface area is 189 Å². The first kappa shape index (κ1) is 22.2. The summed E-state index contributed by atoms with van der Waals surface area (Å²) in [6, 6.07) is 16.9. The van der Waals surface area contributed by atoms with E-state index in [0.717, 1.165) is 17.4 Å². The van der Waals surface area contributed by atoms with Crippen molar-refractivity contribution in [2.24, 2.45) is 0 Å². The van der Waals surface area contributed by atoms with Crippen molar-refractivity contribution in [3.63, 3.8) is 0 Å². The zero-order chi connectivity index (χ0) is 23.6. The summed E-state index contributed by atoms with van der Waals surface area (Å²) in [5.74, 6) is -0.739. The van der Waals surface area contributed by atoms with Crippen LogP contribution in [0.1, 0.15) is 5.56 Å². The van der Waals surface area contributed by atoms with Crippen molar-refractivity contribution >= 4 is 33.5 Å². The Balaban J connectivity index is 1.79. The Kier molecular flexibility index (Phi) is 5.97. The van der Waals surface area contributed by atoms with Crippen LogP contribution in [0, 0.1) is 0 Å². The highest BCUT2D eigenvalue weighted by molar-refractivity contribution is 7.22. The average Bonchev–Trinajstić information content (AvgIpc) is 3.09. The number of aromatic hydroxyl groups is 1. The van der Waals surface area contributed by atoms with Crippen molar-refractivity contribution in [2.45, 2.75) is 6.36 Å². The number of phenolic OH excluding ortho intramolecular Hbond substituents is 1. The van der Waals surface area contributed by atoms with Crippen LogP contribution in [-0.4, -0.2) is 22.5 Å². The molecule has 5 nitrogen and oxygen atoms in total. The molecule has 0 aliphatic heterocycles. The summed E-state index contributed by atoms with van der Waals surface area (Å²) in [7, 11) is 0. The van der Waals surface area contributed by atoms with Crippen LogP contribution in [0.25, 0.3) is 26.6 Å². The summed E-state index contributed by atoms with van der Waals surface area (Å²) in [5, 5.41) is 19.2. The van der Waals surface area contributed by atoms with E-state index in [1.165, 1.54) is 36.4 Å². The lowest BCUT2D eigenvalue weighted by molar-refractivity contribution is -0.274. The molecule has 0 aliphatic rings. The van der Waals surface area contributed by atoms with Gasteiger partial charge in [-0.1, -0.05) is 24.3 Å². The number of para-hydroxylation sites is 1. The maximum atomic E-state index is 13.0. The maximum absolute atomic E-state index is 13.0. The Morgan fingerprint density at radius 2 is 1.73 bits per heavy atom. The number of benzene rings is 3. The van der Waals surface area contributed by atoms with E-state index in [1.54, 1.807) is 36.4 Å². The van der Waals surface area contributed by atoms with Gasteiger partial charge in [0.15, 0.2) is 5.75 Å². The Hall–Kier alpha value is -3.98. The molecule has 1 aromatic heterocycles. The number of alkyl halides is 3. The summed E-state index contributed by atoms with van der Waals surface area (Å²) < 4.78 is 49.8. The number of hydrogen-bond donors (Lipinski definition) is 2. The molecular formula is C24H15F3O5S. The van der Waals surface area contributed by atoms with Crippen LogP contribution in [0.3, 0.4) is 0 Å². The highest BCUT2D eigenvalue weighted by atomic mass is 32.1. The van der Waals surface area contributed by atoms with Gasteiger partial charge in [-0.25, -0.2) is 4.79 Å². The molecule has 4 rings (SSSR count). The van der Waals surface area contributed by atoms with Crippen LogP contribution < -0.4 is 9.47 Å². The molecular weight excluding hydrogens is 457 g/mol. The van der Waals surface area contributed by atoms with Gasteiger partial charge in [0.05, 0.1) is 4.88 Å². The molecule has 1 heterocycles. The van der Waals surface area contributed by atoms with E-state index in [4.69, 9.17) is 9.84 Å². The van der Waals surface area contributed by atoms with Gasteiger partial charge in [-0.2, -0.15) is 0 Å². The number of carbonyl (C=O) groups is 1. The van der Waals surface area contributed by atoms with E-state index in [9.17, 15) is 23.1 Å². The molecule has 33 heavy (non-hydrogen) atoms. The van der Waals surface area contributed by atoms with Gasteiger partial charge in [-0.3, -0.25) is 0 Å². The molecule has 168 valence electrons. The number of fused-ring (bicyclic) bond motifs is 1. The van der Waals surface area contributed by atoms with Crippen LogP contribution in [0.5, 0.6) is 23.0 Å². The number of carboxylic acid groups (broad SMARTS) is 1. The number of carboxylic acids is 1. The van der Waals surface area contributed by atoms with Crippen molar-refractivity contribution in [1.29, 1.82) is 0 Å². The Bertz CT molecular complexity index is 1340. The SMILES string of the molecule is O=C(O)C=Cc1ccc(Oc2c(-c3ccccc3OC(F)(F)F)sc3cc(O)ccc23)cc1. The van der Waals surface area contributed by atoms with Crippen molar-refractivity contribution in [3.8, 4) is 33.4 Å². The number of ether oxygens (including phenoxy) is 2. The van der Waals surface area contributed by atoms with E-state index in [1.807, 2.05) is 0 Å². The second kappa shape index (κ2) is 8.87. The fraction of sp³-hybridized carbons (Fsp3) is 0.0417. The molecule has 0 radical (unpaired) electrons. The maximum Gasteiger partial charge on any atom is 0.573 e. The van der Waals surface area contributed by atoms with Crippen LogP contribution in [0.2, 0.25) is 0 Å². The first-order valence-electron chi connectivity index (χ1n) is 9.49. The van der Waals surface area contributed by atoms with Crippen LogP contribution in [0.4, 0.5) is 13.2 Å². The number of aliphatic carboxylic acids is 1. The van der Waals surface area contributed by atoms with E-state index in [2.05, 4.69) is 4.74 Å². The molecule has 2 N–H and O–H groups in total. The van der Waals surface area contributed by atoms with Crippen molar-refractivity contribution in [1.82, 2.24) is 0 Å². The zero-order valence-electron chi connectivity index (χ0n) is 16.7. The molecule has 0 fully saturated rings. The third-order valence-corrected chi connectivity index (χ3v) is 5.67. The molecule has 0 unspecified atom stereocenters. The quantitative estimate of drug-likeness (QED) is 0.294. The van der Waals surface area contributed by atoms with Gasteiger partial charge in [0.2, 0.25) is 0 Å². The van der Waals surface area contributed by atoms with Gasteiger partial charge in [-0.15, -0.1) is 24.5 Å². The highest BCUT2D eigenvalue weighted by Gasteiger charge is 2.33. The topological polar surface area (TPSA) is 76.0 Å². The predicted octanol–water partition coefficient (Wildman–Crippen LogP) is 7.06. The van der Waals surface area contributed by atoms with Crippen molar-refractivity contribution in [2.75, 3.05) is 0 Å². The lowest BCUT2D eigenvalue weighted by Crippen LogP contribution is -2.17. The van der Waals surface area contributed by atoms with E-state index >= 15 is 0 Å². The van der Waals surface area contributed by atoms with Gasteiger partial charge in [0, 0.05) is 21.7 Å². The normalized spacial score (nSPS) is 11.7. The van der Waals surface area contributed by atoms with Crippen LogP contribution in [-0.2, 0) is 4.79 Å². The summed E-state index contributed by atoms with van der Waals surface area (Å²) in [4.78, 5) is 11.1. The number of hydrogen-bond acceptors (Lipinski definition) is 5. The standard InChI is InChI=1S/C24H15F3O5S/c25-24(26,27)32-19-4-2-1-3-17(19)23-22(18-11-8-15(28)13-20(18)33-23)31-16-9-5-14(6-10-16)7-12-21(29)30/h1-13,28H,(H,29,30). The number of phenols is 1. The van der Waals surface area contributed by atoms with Gasteiger partial charge >= 0.3 is 12.3 Å². The minimum atomic E-state index is -4.87. The largest absolute Gasteiger partial charge is 0.573 e. The smallest absolute Gasteiger partial charge is 0.508 e. The fourth-order valence-electron chi connectivity index (χ4n) is 3.14. The average molecular weight is 472 g/mol. The number of halogens is 3. The van der Waals surface area contributed by atoms with Gasteiger partial charge < -0.3 is 19.7 Å². The molecule has 0 spiro atoms. The number of thiophene rings is 1. The first-order valence-corrected chi connectivity index (χ1v) is 10.3. The molecule has 4 aromatic rings. The molecule has 0 amide bonds. The van der Waals surface area contributed by atoms with E-state index in [-0.39, 0.29) is 17.1 Å². The van der Waals surface area contributed by atoms with E-state index < -0.39 is 12.3 Å². The second-order valence-electron chi connectivity index (χ2n) is 6.83. The van der Waals surface area contributed by atoms with Crippen molar-refractivity contribution in [3.05, 3.63) is 78.4 Å². The summed E-state index contributed by atoms with van der Waals surface area (Å²) in [6.07, 6.45) is -2.44. The molecule has 0 saturated carbocycles. The lowest BCUT2D eigenvalue weighted by atomic mass is 10.1. The third-order valence-electron chi connectivity index (χ3n) is 4.50. The Morgan fingerprint density at radius 3 is 2.42 bits per heavy atom. The lowest BCUT2D eigenvalue weighted by Gasteiger charge is -2.14. The summed E-state index contributed by atoms with van der Waals surface area (Å²) >= 11 is 1.16. The van der Waals surface area contributed by atoms with Gasteiger partial charge in [0.25, 0.3) is 0 Å². The number of rotatable bonds is 6. The monoisotopic (exact) mass is 472 g/mol. The summed E-state index contributed by atoms with van der Waals surface area (Å²) in [6.45, 7) is 0. The Morgan fingerprint density at radius 1 is 1.00 bits per heavy atom. The van der Waals surface area contributed by atoms with Crippen LogP contribution in [0.15, 0.2) is 72.8 Å². The van der Waals surface area contributed by atoms with Crippen LogP contribution >= 0.6 is 11.3 Å². The van der Waals surface area contributed by atoms with E-state index in [0.29, 0.717) is 32.0 Å². The minimum Gasteiger partial charge on any atom is -0.508 e. The second-order valence-corrected chi connectivity index (χ2v) is 7.88. The molecule has 3 aromatic carbocycles. The summed E-state index contributed by atoms with van der Waals surface area (Å²) in [5.41, 5.74) is 0.820. The fourth-order valence-corrected chi connectivity index (χ4v) is 4.33. The molecule has 9 heteroatoms. The molecule has 0 aliphatic carbocycles. The zero-order valence-corrected chi connectivity index (χ0v) is 17.5. The predicted molar refractivity (Wildman–Crippen MR) is 119 cm³/mol. The highest BCUT2D eigenvalue weighted by Crippen LogP contribution is 2.49. The minimum absolute atomic E-state index is 0.0104. The third kappa shape index (κ3) is 5.27. The molecule has 0 saturated heterocycles. The first-order chi connectivity index (χ1) is 15.7. The van der Waals surface area contributed by atoms with Crippen molar-refractivity contribution < 1.29 is 37.7 Å². The molecule has 0 bridgehead atoms. The molecule has 0 atom stereocenters. The van der Waals surface area contributed by atoms with Gasteiger partial charge in [-0.05, 0) is 54.1 Å².